The lowest BCUT2D eigenvalue weighted by atomic mass is 9.70. The molecule has 4 heteroatoms. The van der Waals surface area contributed by atoms with Gasteiger partial charge in [-0.05, 0) is 91.0 Å². The summed E-state index contributed by atoms with van der Waals surface area (Å²) in [6.07, 6.45) is 0. The monoisotopic (exact) mass is 788 g/mol. The van der Waals surface area contributed by atoms with Crippen LogP contribution in [0.2, 0.25) is 0 Å². The Balaban J connectivity index is 1.07. The fraction of sp³-hybridized carbons (Fsp3) is 0.0172. The van der Waals surface area contributed by atoms with Crippen LogP contribution in [-0.2, 0) is 5.41 Å². The van der Waals surface area contributed by atoms with Crippen LogP contribution >= 0.6 is 0 Å². The van der Waals surface area contributed by atoms with Crippen LogP contribution in [-0.4, -0.2) is 19.5 Å². The molecule has 2 aliphatic rings. The van der Waals surface area contributed by atoms with Gasteiger partial charge in [0.25, 0.3) is 0 Å². The predicted octanol–water partition coefficient (Wildman–Crippen LogP) is 14.0. The number of hydrogen-bond donors (Lipinski definition) is 0. The van der Waals surface area contributed by atoms with Crippen LogP contribution < -0.4 is 0 Å². The molecule has 11 aromatic rings. The van der Waals surface area contributed by atoms with Gasteiger partial charge in [-0.2, -0.15) is 9.97 Å². The topological polar surface area (TPSA) is 43.6 Å². The fourth-order valence-corrected chi connectivity index (χ4v) is 10.4. The summed E-state index contributed by atoms with van der Waals surface area (Å²) in [5.41, 5.74) is 18.4. The molecule has 62 heavy (non-hydrogen) atoms. The maximum atomic E-state index is 5.38. The second kappa shape index (κ2) is 13.4. The van der Waals surface area contributed by atoms with E-state index in [9.17, 15) is 0 Å². The van der Waals surface area contributed by atoms with Crippen molar-refractivity contribution in [2.45, 2.75) is 5.41 Å². The molecule has 0 unspecified atom stereocenters. The summed E-state index contributed by atoms with van der Waals surface area (Å²) in [5.74, 6) is 1.81. The molecule has 0 saturated carbocycles. The van der Waals surface area contributed by atoms with Gasteiger partial charge in [0.2, 0.25) is 5.95 Å². The zero-order valence-corrected chi connectivity index (χ0v) is 33.6. The second-order valence-corrected chi connectivity index (χ2v) is 16.3. The lowest BCUT2D eigenvalue weighted by Gasteiger charge is -2.30. The molecule has 2 aliphatic carbocycles. The highest BCUT2D eigenvalue weighted by Gasteiger charge is 2.51. The van der Waals surface area contributed by atoms with Crippen LogP contribution in [0.15, 0.2) is 218 Å². The van der Waals surface area contributed by atoms with E-state index in [0.717, 1.165) is 49.6 Å². The molecule has 0 fully saturated rings. The molecule has 0 atom stereocenters. The molecule has 13 rings (SSSR count). The average molecular weight is 789 g/mol. The van der Waals surface area contributed by atoms with Crippen molar-refractivity contribution in [2.75, 3.05) is 0 Å². The number of hydrogen-bond acceptors (Lipinski definition) is 3. The minimum Gasteiger partial charge on any atom is -0.278 e. The van der Waals surface area contributed by atoms with Gasteiger partial charge in [0.05, 0.1) is 16.4 Å². The van der Waals surface area contributed by atoms with Crippen molar-refractivity contribution >= 4 is 21.8 Å². The van der Waals surface area contributed by atoms with E-state index in [1.807, 2.05) is 12.1 Å². The van der Waals surface area contributed by atoms with Crippen molar-refractivity contribution in [1.82, 2.24) is 19.5 Å². The first-order chi connectivity index (χ1) is 30.7. The highest BCUT2D eigenvalue weighted by atomic mass is 15.2. The van der Waals surface area contributed by atoms with Crippen molar-refractivity contribution in [2.24, 2.45) is 0 Å². The van der Waals surface area contributed by atoms with Crippen LogP contribution in [0.1, 0.15) is 22.3 Å². The maximum absolute atomic E-state index is 5.38. The summed E-state index contributed by atoms with van der Waals surface area (Å²) in [7, 11) is 0. The third-order valence-electron chi connectivity index (χ3n) is 13.1. The first-order valence-corrected chi connectivity index (χ1v) is 21.2. The van der Waals surface area contributed by atoms with Gasteiger partial charge in [0, 0.05) is 21.9 Å². The molecule has 0 saturated heterocycles. The highest BCUT2D eigenvalue weighted by Crippen LogP contribution is 2.63. The summed E-state index contributed by atoms with van der Waals surface area (Å²) in [4.78, 5) is 16.0. The van der Waals surface area contributed by atoms with Gasteiger partial charge in [-0.3, -0.25) is 4.57 Å². The Morgan fingerprint density at radius 3 is 1.44 bits per heavy atom. The number of benzene rings is 9. The first kappa shape index (κ1) is 34.6. The van der Waals surface area contributed by atoms with Crippen LogP contribution in [0.5, 0.6) is 0 Å². The van der Waals surface area contributed by atoms with E-state index in [1.54, 1.807) is 0 Å². The highest BCUT2D eigenvalue weighted by molar-refractivity contribution is 6.12. The van der Waals surface area contributed by atoms with Gasteiger partial charge in [0.1, 0.15) is 0 Å². The molecule has 9 aromatic carbocycles. The standard InChI is InChI=1S/C58H36N4/c1-3-16-37(17-4-1)39-30-32-40(33-31-39)55-59-56(42-21-15-20-41(34-42)38-18-5-2-6-19-38)61-57(60-55)62-53-29-14-10-25-46(53)48-35-52-47(36-54(48)62)45-24-9-13-28-51(45)58(52)49-26-11-7-22-43(49)44-23-8-12-27-50(44)58/h1-36H. The van der Waals surface area contributed by atoms with Gasteiger partial charge in [0.15, 0.2) is 11.6 Å². The SMILES string of the molecule is c1ccc(-c2ccc(-c3nc(-c4cccc(-c5ccccc5)c4)nc(-n4c5ccccc5c5cc6c(cc54)-c4ccccc4C64c5ccccc5-c5ccccc54)n3)cc2)cc1. The van der Waals surface area contributed by atoms with Crippen LogP contribution in [0, 0.1) is 0 Å². The second-order valence-electron chi connectivity index (χ2n) is 16.3. The largest absolute Gasteiger partial charge is 0.278 e. The van der Waals surface area contributed by atoms with Crippen LogP contribution in [0.4, 0.5) is 0 Å². The Kier molecular flexibility index (Phi) is 7.49. The summed E-state index contributed by atoms with van der Waals surface area (Å²) >= 11 is 0. The third-order valence-corrected chi connectivity index (χ3v) is 13.1. The molecule has 288 valence electrons. The Hall–Kier alpha value is -8.21. The van der Waals surface area contributed by atoms with Gasteiger partial charge >= 0.3 is 0 Å². The van der Waals surface area contributed by atoms with Crippen molar-refractivity contribution in [3.05, 3.63) is 241 Å². The number of aromatic nitrogens is 4. The Morgan fingerprint density at radius 1 is 0.290 bits per heavy atom. The predicted molar refractivity (Wildman–Crippen MR) is 252 cm³/mol. The summed E-state index contributed by atoms with van der Waals surface area (Å²) < 4.78 is 2.25. The minimum atomic E-state index is -0.445. The van der Waals surface area contributed by atoms with E-state index < -0.39 is 5.41 Å². The van der Waals surface area contributed by atoms with Crippen molar-refractivity contribution in [3.8, 4) is 73.2 Å². The Labute approximate surface area is 359 Å². The molecule has 1 spiro atoms. The molecule has 0 N–H and O–H groups in total. The Bertz CT molecular complexity index is 3520. The average Bonchev–Trinajstić information content (AvgIpc) is 3.95. The molecular weight excluding hydrogens is 753 g/mol. The molecule has 2 aromatic heterocycles. The zero-order chi connectivity index (χ0) is 40.8. The Morgan fingerprint density at radius 2 is 0.774 bits per heavy atom. The smallest absolute Gasteiger partial charge is 0.238 e. The molecular formula is C58H36N4. The van der Waals surface area contributed by atoms with Crippen LogP contribution in [0.25, 0.3) is 95.0 Å². The van der Waals surface area contributed by atoms with E-state index in [1.165, 1.54) is 50.1 Å². The van der Waals surface area contributed by atoms with Crippen molar-refractivity contribution < 1.29 is 0 Å². The van der Waals surface area contributed by atoms with Crippen LogP contribution in [0.3, 0.4) is 0 Å². The van der Waals surface area contributed by atoms with Crippen molar-refractivity contribution in [3.63, 3.8) is 0 Å². The fourth-order valence-electron chi connectivity index (χ4n) is 10.4. The number of nitrogens with zero attached hydrogens (tertiary/aromatic N) is 4. The van der Waals surface area contributed by atoms with Crippen molar-refractivity contribution in [1.29, 1.82) is 0 Å². The zero-order valence-electron chi connectivity index (χ0n) is 33.6. The van der Waals surface area contributed by atoms with Gasteiger partial charge in [-0.25, -0.2) is 4.98 Å². The summed E-state index contributed by atoms with van der Waals surface area (Å²) in [6.45, 7) is 0. The molecule has 4 nitrogen and oxygen atoms in total. The quantitative estimate of drug-likeness (QED) is 0.174. The molecule has 0 radical (unpaired) electrons. The first-order valence-electron chi connectivity index (χ1n) is 21.2. The van der Waals surface area contributed by atoms with Gasteiger partial charge < -0.3 is 0 Å². The minimum absolute atomic E-state index is 0.445. The number of fused-ring (bicyclic) bond motifs is 13. The molecule has 0 bridgehead atoms. The van der Waals surface area contributed by atoms with Gasteiger partial charge in [-0.15, -0.1) is 0 Å². The molecule has 0 aliphatic heterocycles. The number of para-hydroxylation sites is 1. The van der Waals surface area contributed by atoms with E-state index >= 15 is 0 Å². The lowest BCUT2D eigenvalue weighted by Crippen LogP contribution is -2.25. The number of rotatable bonds is 5. The van der Waals surface area contributed by atoms with E-state index in [2.05, 4.69) is 211 Å². The summed E-state index contributed by atoms with van der Waals surface area (Å²) in [5, 5.41) is 2.31. The normalized spacial score (nSPS) is 13.0. The molecule has 2 heterocycles. The van der Waals surface area contributed by atoms with E-state index in [4.69, 9.17) is 15.0 Å². The summed E-state index contributed by atoms with van der Waals surface area (Å²) in [6, 6.07) is 78.5. The lowest BCUT2D eigenvalue weighted by molar-refractivity contribution is 0.795. The van der Waals surface area contributed by atoms with E-state index in [-0.39, 0.29) is 0 Å². The van der Waals surface area contributed by atoms with Gasteiger partial charge in [-0.1, -0.05) is 194 Å². The third kappa shape index (κ3) is 4.98. The molecule has 0 amide bonds. The van der Waals surface area contributed by atoms with E-state index in [0.29, 0.717) is 17.6 Å². The maximum Gasteiger partial charge on any atom is 0.238 e.